The summed E-state index contributed by atoms with van der Waals surface area (Å²) in [5.74, 6) is -5.85. The Morgan fingerprint density at radius 1 is 0.632 bits per heavy atom. The molecule has 3 rings (SSSR count). The lowest BCUT2D eigenvalue weighted by atomic mass is 9.95. The molecule has 0 atom stereocenters. The molecule has 0 fully saturated rings. The number of ketones is 1. The van der Waals surface area contributed by atoms with E-state index < -0.39 is 40.8 Å². The molecule has 0 unspecified atom stereocenters. The van der Waals surface area contributed by atoms with Crippen LogP contribution in [0.5, 0.6) is 0 Å². The maximum absolute atomic E-state index is 12.8. The number of hydrogen-bond acceptors (Lipinski definition) is 9. The average molecular weight is 523 g/mol. The third kappa shape index (κ3) is 7.56. The lowest BCUT2D eigenvalue weighted by Crippen LogP contribution is -2.43. The first-order chi connectivity index (χ1) is 18.0. The van der Waals surface area contributed by atoms with Gasteiger partial charge in [0.25, 0.3) is 0 Å². The van der Waals surface area contributed by atoms with Gasteiger partial charge in [-0.1, -0.05) is 30.3 Å². The molecule has 3 aromatic rings. The molecule has 0 aliphatic heterocycles. The van der Waals surface area contributed by atoms with Crippen LogP contribution in [0.25, 0.3) is 0 Å². The van der Waals surface area contributed by atoms with E-state index in [2.05, 4.69) is 11.5 Å². The normalized spacial score (nSPS) is 10.0. The maximum Gasteiger partial charge on any atom is 0.338 e. The molecular weight excluding hydrogens is 496 g/mol. The standard InChI is InChI=1S/C21H18O9.C6H8N2/c1-3-29-20(27)15-9-11(5-7-13(15)18(23)24)17(22)12-6-8-14(19(25)26)16(10-12)21(28)30-4-2;7-5-2-1-3-6(8)4-5/h5-10H,3-4H2,1-2H3,(H,23,24)(H,25,26);1-4H,7-8H2. The van der Waals surface area contributed by atoms with Crippen LogP contribution < -0.4 is 21.7 Å². The van der Waals surface area contributed by atoms with E-state index in [0.29, 0.717) is 0 Å². The number of carboxylic acids is 2. The van der Waals surface area contributed by atoms with Crippen LogP contribution in [0.4, 0.5) is 11.4 Å². The Hall–Kier alpha value is -4.87. The van der Waals surface area contributed by atoms with Gasteiger partial charge in [-0.3, -0.25) is 4.79 Å². The van der Waals surface area contributed by atoms with Crippen molar-refractivity contribution >= 4 is 41.0 Å². The van der Waals surface area contributed by atoms with Gasteiger partial charge in [0.1, 0.15) is 11.4 Å². The van der Waals surface area contributed by atoms with Gasteiger partial charge in [0.05, 0.1) is 42.3 Å². The molecule has 6 N–H and O–H groups in total. The van der Waals surface area contributed by atoms with Crippen molar-refractivity contribution in [3.05, 3.63) is 94.0 Å². The van der Waals surface area contributed by atoms with Crippen LogP contribution in [0, 0.1) is 0 Å². The Bertz CT molecular complexity index is 1280. The molecule has 0 bridgehead atoms. The molecule has 38 heavy (non-hydrogen) atoms. The number of carbonyl (C=O) groups is 5. The highest BCUT2D eigenvalue weighted by atomic mass is 16.5. The van der Waals surface area contributed by atoms with Gasteiger partial charge in [-0.25, -0.2) is 9.59 Å². The Morgan fingerprint density at radius 2 is 1.03 bits per heavy atom. The molecule has 0 radical (unpaired) electrons. The van der Waals surface area contributed by atoms with Crippen molar-refractivity contribution in [3.8, 4) is 0 Å². The fraction of sp³-hybridized carbons (Fsp3) is 0.148. The average Bonchev–Trinajstić information content (AvgIpc) is 2.88. The van der Waals surface area contributed by atoms with E-state index in [0.717, 1.165) is 47.8 Å². The van der Waals surface area contributed by atoms with Crippen LogP contribution in [0.2, 0.25) is 0 Å². The molecule has 0 heterocycles. The van der Waals surface area contributed by atoms with Crippen molar-refractivity contribution in [2.24, 2.45) is 0 Å². The minimum atomic E-state index is -1.63. The third-order valence-corrected chi connectivity index (χ3v) is 4.99. The number of hydrogen-bond donors (Lipinski definition) is 2. The molecule has 0 spiro atoms. The smallest absolute Gasteiger partial charge is 0.338 e. The van der Waals surface area contributed by atoms with Gasteiger partial charge in [0.2, 0.25) is 0 Å². The number of esters is 2. The SMILES string of the molecule is CCOC(=O)c1cc(C(=O)c2ccc(C(=O)[O-])c(C(=O)OCC)c2)ccc1C(=O)[O-].[NH3+]c1cccc([NH3+])c1. The van der Waals surface area contributed by atoms with Gasteiger partial charge in [-0.05, 0) is 38.1 Å². The number of carbonyl (C=O) groups excluding carboxylic acids is 5. The van der Waals surface area contributed by atoms with Crippen LogP contribution in [-0.4, -0.2) is 42.9 Å². The number of aromatic carboxylic acids is 2. The minimum Gasteiger partial charge on any atom is -0.545 e. The molecule has 0 aliphatic carbocycles. The molecule has 0 aromatic heterocycles. The second kappa shape index (κ2) is 13.4. The lowest BCUT2D eigenvalue weighted by molar-refractivity contribution is -0.265. The van der Waals surface area contributed by atoms with Gasteiger partial charge in [-0.2, -0.15) is 0 Å². The first-order valence-corrected chi connectivity index (χ1v) is 11.3. The molecule has 198 valence electrons. The van der Waals surface area contributed by atoms with Crippen LogP contribution in [0.15, 0.2) is 60.7 Å². The largest absolute Gasteiger partial charge is 0.545 e. The van der Waals surface area contributed by atoms with Crippen molar-refractivity contribution in [3.63, 3.8) is 0 Å². The van der Waals surface area contributed by atoms with Crippen molar-refractivity contribution in [2.45, 2.75) is 13.8 Å². The number of ether oxygens (including phenoxy) is 2. The Morgan fingerprint density at radius 3 is 1.32 bits per heavy atom. The van der Waals surface area contributed by atoms with E-state index in [1.807, 2.05) is 24.3 Å². The summed E-state index contributed by atoms with van der Waals surface area (Å²) in [5.41, 5.74) is 7.71. The second-order valence-electron chi connectivity index (χ2n) is 7.69. The van der Waals surface area contributed by atoms with Crippen LogP contribution in [-0.2, 0) is 9.47 Å². The predicted molar refractivity (Wildman–Crippen MR) is 128 cm³/mol. The zero-order valence-electron chi connectivity index (χ0n) is 20.8. The molecule has 0 saturated carbocycles. The Labute approximate surface area is 217 Å². The summed E-state index contributed by atoms with van der Waals surface area (Å²) in [7, 11) is 0. The molecule has 11 heteroatoms. The molecule has 3 aromatic carbocycles. The first-order valence-electron chi connectivity index (χ1n) is 11.3. The molecule has 0 aliphatic rings. The molecular formula is C27H26N2O9. The van der Waals surface area contributed by atoms with Gasteiger partial charge >= 0.3 is 11.9 Å². The number of benzene rings is 3. The lowest BCUT2D eigenvalue weighted by Gasteiger charge is -2.13. The monoisotopic (exact) mass is 522 g/mol. The zero-order valence-corrected chi connectivity index (χ0v) is 20.8. The van der Waals surface area contributed by atoms with Crippen molar-refractivity contribution < 1.29 is 55.1 Å². The van der Waals surface area contributed by atoms with Gasteiger partial charge in [-0.15, -0.1) is 0 Å². The van der Waals surface area contributed by atoms with E-state index >= 15 is 0 Å². The summed E-state index contributed by atoms with van der Waals surface area (Å²) in [6.45, 7) is 3.02. The summed E-state index contributed by atoms with van der Waals surface area (Å²) in [5, 5.41) is 22.5. The van der Waals surface area contributed by atoms with Crippen molar-refractivity contribution in [2.75, 3.05) is 13.2 Å². The predicted octanol–water partition coefficient (Wildman–Crippen LogP) is -0.569. The zero-order chi connectivity index (χ0) is 28.4. The van der Waals surface area contributed by atoms with Gasteiger partial charge < -0.3 is 40.7 Å². The Kier molecular flexibility index (Phi) is 10.4. The Balaban J connectivity index is 0.000000538. The fourth-order valence-corrected chi connectivity index (χ4v) is 3.28. The van der Waals surface area contributed by atoms with E-state index in [9.17, 15) is 34.2 Å². The minimum absolute atomic E-state index is 0.0168. The second-order valence-corrected chi connectivity index (χ2v) is 7.69. The van der Waals surface area contributed by atoms with Crippen LogP contribution in [0.1, 0.15) is 71.2 Å². The summed E-state index contributed by atoms with van der Waals surface area (Å²) in [4.78, 5) is 59.5. The third-order valence-electron chi connectivity index (χ3n) is 4.99. The van der Waals surface area contributed by atoms with E-state index in [-0.39, 0.29) is 35.5 Å². The summed E-state index contributed by atoms with van der Waals surface area (Å²) in [6.07, 6.45) is 0. The summed E-state index contributed by atoms with van der Waals surface area (Å²) < 4.78 is 9.61. The number of quaternary nitrogens is 2. The van der Waals surface area contributed by atoms with E-state index in [1.165, 1.54) is 13.8 Å². The summed E-state index contributed by atoms with van der Waals surface area (Å²) >= 11 is 0. The highest BCUT2D eigenvalue weighted by molar-refractivity contribution is 6.13. The maximum atomic E-state index is 12.8. The first kappa shape index (κ1) is 29.4. The van der Waals surface area contributed by atoms with Crippen molar-refractivity contribution in [1.29, 1.82) is 0 Å². The fourth-order valence-electron chi connectivity index (χ4n) is 3.28. The summed E-state index contributed by atoms with van der Waals surface area (Å²) in [6, 6.07) is 14.2. The highest BCUT2D eigenvalue weighted by Crippen LogP contribution is 2.20. The van der Waals surface area contributed by atoms with Gasteiger partial charge in [0.15, 0.2) is 5.78 Å². The molecule has 0 amide bonds. The van der Waals surface area contributed by atoms with Crippen LogP contribution in [0.3, 0.4) is 0 Å². The van der Waals surface area contributed by atoms with Crippen LogP contribution >= 0.6 is 0 Å². The quantitative estimate of drug-likeness (QED) is 0.286. The number of rotatable bonds is 8. The number of carboxylic acid groups (broad SMARTS) is 2. The van der Waals surface area contributed by atoms with Gasteiger partial charge in [0, 0.05) is 22.3 Å². The van der Waals surface area contributed by atoms with Crippen molar-refractivity contribution in [1.82, 2.24) is 0 Å². The molecule has 11 nitrogen and oxygen atoms in total. The highest BCUT2D eigenvalue weighted by Gasteiger charge is 2.20. The topological polar surface area (TPSA) is 205 Å². The van der Waals surface area contributed by atoms with E-state index in [1.54, 1.807) is 0 Å². The molecule has 0 saturated heterocycles. The van der Waals surface area contributed by atoms with E-state index in [4.69, 9.17) is 9.47 Å².